The molecule has 0 bridgehead atoms. The molecule has 0 aliphatic carbocycles. The van der Waals surface area contributed by atoms with Gasteiger partial charge >= 0.3 is 0 Å². The van der Waals surface area contributed by atoms with Crippen LogP contribution in [0.5, 0.6) is 11.5 Å². The first-order chi connectivity index (χ1) is 9.11. The molecule has 0 aliphatic heterocycles. The van der Waals surface area contributed by atoms with E-state index in [1.54, 1.807) is 31.6 Å². The molecule has 19 heavy (non-hydrogen) atoms. The van der Waals surface area contributed by atoms with E-state index in [4.69, 9.17) is 21.1 Å². The lowest BCUT2D eigenvalue weighted by Crippen LogP contribution is -2.04. The molecule has 0 atom stereocenters. The summed E-state index contributed by atoms with van der Waals surface area (Å²) in [5.41, 5.74) is 2.85. The fourth-order valence-corrected chi connectivity index (χ4v) is 1.93. The van der Waals surface area contributed by atoms with Gasteiger partial charge in [0, 0.05) is 17.3 Å². The Morgan fingerprint density at radius 1 is 1.16 bits per heavy atom. The predicted octanol–water partition coefficient (Wildman–Crippen LogP) is 3.33. The largest absolute Gasteiger partial charge is 0.496 e. The molecule has 0 radical (unpaired) electrons. The van der Waals surface area contributed by atoms with Crippen LogP contribution in [0.2, 0.25) is 5.15 Å². The third-order valence-electron chi connectivity index (χ3n) is 2.83. The van der Waals surface area contributed by atoms with Crippen LogP contribution in [0.15, 0.2) is 24.5 Å². The second-order valence-electron chi connectivity index (χ2n) is 4.15. The van der Waals surface area contributed by atoms with Gasteiger partial charge in [-0.25, -0.2) is 4.98 Å². The summed E-state index contributed by atoms with van der Waals surface area (Å²) in [6, 6.07) is 3.46. The van der Waals surface area contributed by atoms with Crippen LogP contribution in [0.1, 0.15) is 16.8 Å². The highest BCUT2D eigenvalue weighted by Gasteiger charge is 2.09. The van der Waals surface area contributed by atoms with Crippen molar-refractivity contribution in [2.45, 2.75) is 20.5 Å². The lowest BCUT2D eigenvalue weighted by Gasteiger charge is -2.12. The second-order valence-corrected chi connectivity index (χ2v) is 4.54. The lowest BCUT2D eigenvalue weighted by molar-refractivity contribution is 0.297. The highest BCUT2D eigenvalue weighted by atomic mass is 35.5. The van der Waals surface area contributed by atoms with Gasteiger partial charge in [0.1, 0.15) is 23.3 Å². The van der Waals surface area contributed by atoms with E-state index >= 15 is 0 Å². The number of methoxy groups -OCH3 is 1. The molecule has 0 aliphatic rings. The van der Waals surface area contributed by atoms with E-state index in [0.717, 1.165) is 22.6 Å². The first kappa shape index (κ1) is 13.6. The average Bonchev–Trinajstić information content (AvgIpc) is 2.40. The van der Waals surface area contributed by atoms with Crippen LogP contribution in [0.25, 0.3) is 0 Å². The molecule has 0 aromatic carbocycles. The molecule has 0 N–H and O–H groups in total. The minimum atomic E-state index is 0.367. The summed E-state index contributed by atoms with van der Waals surface area (Å²) in [7, 11) is 1.66. The molecule has 0 fully saturated rings. The van der Waals surface area contributed by atoms with Gasteiger partial charge in [-0.05, 0) is 26.0 Å². The van der Waals surface area contributed by atoms with Crippen molar-refractivity contribution in [2.75, 3.05) is 7.11 Å². The van der Waals surface area contributed by atoms with Crippen molar-refractivity contribution in [1.82, 2.24) is 9.97 Å². The van der Waals surface area contributed by atoms with Crippen molar-refractivity contribution in [3.63, 3.8) is 0 Å². The third kappa shape index (κ3) is 3.15. The van der Waals surface area contributed by atoms with E-state index in [9.17, 15) is 0 Å². The number of nitrogens with zero attached hydrogens (tertiary/aromatic N) is 2. The van der Waals surface area contributed by atoms with Gasteiger partial charge < -0.3 is 9.47 Å². The Morgan fingerprint density at radius 3 is 2.58 bits per heavy atom. The van der Waals surface area contributed by atoms with Crippen LogP contribution < -0.4 is 9.47 Å². The molecular formula is C14H15ClN2O2. The van der Waals surface area contributed by atoms with E-state index in [1.165, 1.54) is 0 Å². The van der Waals surface area contributed by atoms with E-state index in [1.807, 2.05) is 13.8 Å². The molecular weight excluding hydrogens is 264 g/mol. The smallest absolute Gasteiger partial charge is 0.138 e. The summed E-state index contributed by atoms with van der Waals surface area (Å²) in [6.45, 7) is 4.30. The molecule has 0 saturated heterocycles. The molecule has 2 rings (SSSR count). The molecule has 2 aromatic rings. The number of pyridine rings is 2. The Morgan fingerprint density at radius 2 is 1.95 bits per heavy atom. The lowest BCUT2D eigenvalue weighted by atomic mass is 10.1. The zero-order chi connectivity index (χ0) is 13.8. The minimum absolute atomic E-state index is 0.367. The van der Waals surface area contributed by atoms with Crippen molar-refractivity contribution in [1.29, 1.82) is 0 Å². The zero-order valence-corrected chi connectivity index (χ0v) is 11.9. The van der Waals surface area contributed by atoms with Gasteiger partial charge in [-0.15, -0.1) is 0 Å². The Hall–Kier alpha value is -1.81. The number of ether oxygens (including phenoxy) is 2. The van der Waals surface area contributed by atoms with Crippen LogP contribution in [0, 0.1) is 13.8 Å². The first-order valence-electron chi connectivity index (χ1n) is 5.85. The summed E-state index contributed by atoms with van der Waals surface area (Å²) in [4.78, 5) is 8.32. The summed E-state index contributed by atoms with van der Waals surface area (Å²) in [6.07, 6.45) is 3.37. The first-order valence-corrected chi connectivity index (χ1v) is 6.23. The number of aryl methyl sites for hydroxylation is 1. The monoisotopic (exact) mass is 278 g/mol. The molecule has 4 nitrogen and oxygen atoms in total. The number of rotatable bonds is 4. The molecule has 0 saturated carbocycles. The zero-order valence-electron chi connectivity index (χ0n) is 11.1. The van der Waals surface area contributed by atoms with Crippen LogP contribution in [0.3, 0.4) is 0 Å². The van der Waals surface area contributed by atoms with Gasteiger partial charge in [-0.2, -0.15) is 0 Å². The summed E-state index contributed by atoms with van der Waals surface area (Å²) < 4.78 is 11.0. The number of hydrogen-bond acceptors (Lipinski definition) is 4. The van der Waals surface area contributed by atoms with Crippen LogP contribution in [0.4, 0.5) is 0 Å². The average molecular weight is 279 g/mol. The normalized spacial score (nSPS) is 10.3. The molecule has 2 heterocycles. The molecule has 0 unspecified atom stereocenters. The van der Waals surface area contributed by atoms with Crippen LogP contribution in [-0.4, -0.2) is 17.1 Å². The Balaban J connectivity index is 2.13. The van der Waals surface area contributed by atoms with E-state index in [2.05, 4.69) is 9.97 Å². The van der Waals surface area contributed by atoms with E-state index in [0.29, 0.717) is 17.5 Å². The Labute approximate surface area is 117 Å². The van der Waals surface area contributed by atoms with Crippen molar-refractivity contribution in [3.05, 3.63) is 46.5 Å². The molecule has 0 amide bonds. The topological polar surface area (TPSA) is 44.2 Å². The third-order valence-corrected chi connectivity index (χ3v) is 3.05. The summed E-state index contributed by atoms with van der Waals surface area (Å²) in [5.74, 6) is 1.51. The maximum absolute atomic E-state index is 5.72. The molecule has 0 spiro atoms. The molecule has 2 aromatic heterocycles. The van der Waals surface area contributed by atoms with Crippen LogP contribution >= 0.6 is 11.6 Å². The number of hydrogen-bond donors (Lipinski definition) is 0. The number of aromatic nitrogens is 2. The van der Waals surface area contributed by atoms with E-state index < -0.39 is 0 Å². The van der Waals surface area contributed by atoms with Gasteiger partial charge in [0.15, 0.2) is 0 Å². The van der Waals surface area contributed by atoms with Crippen molar-refractivity contribution in [2.24, 2.45) is 0 Å². The summed E-state index contributed by atoms with van der Waals surface area (Å²) in [5, 5.41) is 0.443. The van der Waals surface area contributed by atoms with E-state index in [-0.39, 0.29) is 0 Å². The van der Waals surface area contributed by atoms with Gasteiger partial charge in [0.25, 0.3) is 0 Å². The maximum Gasteiger partial charge on any atom is 0.138 e. The van der Waals surface area contributed by atoms with Gasteiger partial charge in [-0.1, -0.05) is 11.6 Å². The molecule has 100 valence electrons. The Bertz CT molecular complexity index is 570. The van der Waals surface area contributed by atoms with Gasteiger partial charge in [0.05, 0.1) is 19.0 Å². The van der Waals surface area contributed by atoms with Crippen molar-refractivity contribution in [3.8, 4) is 11.5 Å². The van der Waals surface area contributed by atoms with Crippen molar-refractivity contribution < 1.29 is 9.47 Å². The fraction of sp³-hybridized carbons (Fsp3) is 0.286. The molecule has 5 heteroatoms. The van der Waals surface area contributed by atoms with Crippen LogP contribution in [-0.2, 0) is 6.61 Å². The van der Waals surface area contributed by atoms with Gasteiger partial charge in [-0.3, -0.25) is 4.98 Å². The highest BCUT2D eigenvalue weighted by molar-refractivity contribution is 6.29. The fourth-order valence-electron chi connectivity index (χ4n) is 1.82. The quantitative estimate of drug-likeness (QED) is 0.805. The number of halogens is 1. The summed E-state index contributed by atoms with van der Waals surface area (Å²) >= 11 is 5.72. The minimum Gasteiger partial charge on any atom is -0.496 e. The standard InChI is InChI=1S/C14H15ClN2O2/c1-9-6-16-12(10(2)14(9)18-3)8-19-11-4-5-13(15)17-7-11/h4-7H,8H2,1-3H3. The SMILES string of the molecule is COc1c(C)cnc(COc2ccc(Cl)nc2)c1C. The maximum atomic E-state index is 5.72. The van der Waals surface area contributed by atoms with Gasteiger partial charge in [0.2, 0.25) is 0 Å². The Kier molecular flexibility index (Phi) is 4.22. The highest BCUT2D eigenvalue weighted by Crippen LogP contribution is 2.24. The second kappa shape index (κ2) is 5.89. The van der Waals surface area contributed by atoms with Crippen molar-refractivity contribution >= 4 is 11.6 Å². The predicted molar refractivity (Wildman–Crippen MR) is 73.8 cm³/mol.